The van der Waals surface area contributed by atoms with Gasteiger partial charge in [0.2, 0.25) is 0 Å². The molecule has 0 aliphatic rings. The van der Waals surface area contributed by atoms with Crippen LogP contribution in [0.15, 0.2) is 18.2 Å². The molecule has 1 N–H and O–H groups in total. The second kappa shape index (κ2) is 4.96. The Morgan fingerprint density at radius 2 is 1.95 bits per heavy atom. The van der Waals surface area contributed by atoms with E-state index in [4.69, 9.17) is 0 Å². The van der Waals surface area contributed by atoms with Gasteiger partial charge in [-0.05, 0) is 32.4 Å². The number of hydrogen-bond donors (Lipinski definition) is 1. The fourth-order valence-electron chi connectivity index (χ4n) is 2.04. The van der Waals surface area contributed by atoms with Crippen LogP contribution in [0.5, 0.6) is 0 Å². The number of para-hydroxylation sites is 1. The monoisotopic (exact) mass is 303 g/mol. The predicted molar refractivity (Wildman–Crippen MR) is 83.9 cm³/mol. The maximum atomic E-state index is 12.2. The minimum absolute atomic E-state index is 0.134. The van der Waals surface area contributed by atoms with Gasteiger partial charge in [-0.1, -0.05) is 23.5 Å². The van der Waals surface area contributed by atoms with Crippen molar-refractivity contribution in [3.63, 3.8) is 0 Å². The van der Waals surface area contributed by atoms with Gasteiger partial charge in [-0.3, -0.25) is 10.1 Å². The van der Waals surface area contributed by atoms with Crippen molar-refractivity contribution in [1.82, 2.24) is 9.97 Å². The largest absolute Gasteiger partial charge is 0.297 e. The molecule has 1 amide bonds. The van der Waals surface area contributed by atoms with Crippen molar-refractivity contribution in [2.75, 3.05) is 5.32 Å². The zero-order valence-electron chi connectivity index (χ0n) is 11.4. The Labute approximate surface area is 124 Å². The van der Waals surface area contributed by atoms with Gasteiger partial charge in [0, 0.05) is 0 Å². The van der Waals surface area contributed by atoms with E-state index in [1.54, 1.807) is 0 Å². The first-order valence-corrected chi connectivity index (χ1v) is 7.79. The Morgan fingerprint density at radius 1 is 1.15 bits per heavy atom. The minimum Gasteiger partial charge on any atom is -0.297 e. The predicted octanol–water partition coefficient (Wildman–Crippen LogP) is 3.93. The van der Waals surface area contributed by atoms with Crippen molar-refractivity contribution in [1.29, 1.82) is 0 Å². The number of anilines is 1. The molecule has 102 valence electrons. The lowest BCUT2D eigenvalue weighted by Crippen LogP contribution is -2.11. The second-order valence-electron chi connectivity index (χ2n) is 4.54. The van der Waals surface area contributed by atoms with Crippen LogP contribution in [0.1, 0.15) is 25.9 Å². The van der Waals surface area contributed by atoms with Crippen LogP contribution in [0.4, 0.5) is 5.13 Å². The summed E-state index contributed by atoms with van der Waals surface area (Å²) >= 11 is 2.89. The summed E-state index contributed by atoms with van der Waals surface area (Å²) in [7, 11) is 0. The van der Waals surface area contributed by atoms with Crippen LogP contribution in [0.25, 0.3) is 10.2 Å². The van der Waals surface area contributed by atoms with Gasteiger partial charge in [-0.15, -0.1) is 11.3 Å². The summed E-state index contributed by atoms with van der Waals surface area (Å²) in [5.74, 6) is -0.134. The fraction of sp³-hybridized carbons (Fsp3) is 0.214. The molecule has 2 heterocycles. The molecule has 0 spiro atoms. The lowest BCUT2D eigenvalue weighted by Gasteiger charge is -1.98. The maximum Gasteiger partial charge on any atom is 0.269 e. The number of aryl methyl sites for hydroxylation is 3. The average Bonchev–Trinajstić information content (AvgIpc) is 2.93. The summed E-state index contributed by atoms with van der Waals surface area (Å²) in [6.45, 7) is 5.76. The molecule has 0 fully saturated rings. The number of amides is 1. The Kier molecular flexibility index (Phi) is 3.27. The number of hydrogen-bond acceptors (Lipinski definition) is 5. The molecule has 6 heteroatoms. The van der Waals surface area contributed by atoms with E-state index in [1.165, 1.54) is 22.7 Å². The van der Waals surface area contributed by atoms with E-state index in [-0.39, 0.29) is 5.91 Å². The van der Waals surface area contributed by atoms with E-state index in [0.29, 0.717) is 10.0 Å². The molecule has 0 unspecified atom stereocenters. The van der Waals surface area contributed by atoms with Crippen molar-refractivity contribution in [3.05, 3.63) is 39.3 Å². The van der Waals surface area contributed by atoms with Crippen LogP contribution in [0, 0.1) is 20.8 Å². The van der Waals surface area contributed by atoms with Crippen molar-refractivity contribution >= 4 is 43.9 Å². The maximum absolute atomic E-state index is 12.2. The topological polar surface area (TPSA) is 54.9 Å². The van der Waals surface area contributed by atoms with Crippen LogP contribution in [-0.2, 0) is 0 Å². The average molecular weight is 303 g/mol. The molecule has 3 rings (SSSR count). The van der Waals surface area contributed by atoms with E-state index in [9.17, 15) is 4.79 Å². The van der Waals surface area contributed by atoms with Crippen LogP contribution >= 0.6 is 22.7 Å². The first kappa shape index (κ1) is 13.2. The van der Waals surface area contributed by atoms with Crippen LogP contribution in [0.3, 0.4) is 0 Å². The smallest absolute Gasteiger partial charge is 0.269 e. The van der Waals surface area contributed by atoms with Crippen molar-refractivity contribution in [2.24, 2.45) is 0 Å². The van der Waals surface area contributed by atoms with Crippen molar-refractivity contribution < 1.29 is 4.79 Å². The van der Waals surface area contributed by atoms with E-state index in [2.05, 4.69) is 15.3 Å². The number of carbonyl (C=O) groups excluding carboxylic acids is 1. The zero-order valence-corrected chi connectivity index (χ0v) is 13.0. The van der Waals surface area contributed by atoms with Crippen molar-refractivity contribution in [2.45, 2.75) is 20.8 Å². The van der Waals surface area contributed by atoms with E-state index < -0.39 is 0 Å². The molecule has 0 bridgehead atoms. The molecule has 0 saturated heterocycles. The molecule has 4 nitrogen and oxygen atoms in total. The molecule has 0 atom stereocenters. The van der Waals surface area contributed by atoms with Gasteiger partial charge in [0.15, 0.2) is 5.13 Å². The molecule has 0 saturated carbocycles. The van der Waals surface area contributed by atoms with Gasteiger partial charge in [-0.2, -0.15) is 0 Å². The number of fused-ring (bicyclic) bond motifs is 1. The molecule has 3 aromatic rings. The molecule has 0 aliphatic carbocycles. The molecule has 0 aliphatic heterocycles. The third-order valence-electron chi connectivity index (χ3n) is 2.95. The van der Waals surface area contributed by atoms with E-state index in [0.717, 1.165) is 26.5 Å². The summed E-state index contributed by atoms with van der Waals surface area (Å²) in [6, 6.07) is 6.03. The lowest BCUT2D eigenvalue weighted by molar-refractivity contribution is 0.103. The molecule has 1 aromatic carbocycles. The molecular weight excluding hydrogens is 290 g/mol. The third kappa shape index (κ3) is 2.32. The Morgan fingerprint density at radius 3 is 2.60 bits per heavy atom. The highest BCUT2D eigenvalue weighted by molar-refractivity contribution is 7.22. The van der Waals surface area contributed by atoms with E-state index in [1.807, 2.05) is 39.0 Å². The third-order valence-corrected chi connectivity index (χ3v) is 4.96. The SMILES string of the molecule is Cc1nc(C)c(C(=O)Nc2nc3c(C)cccc3s2)s1. The second-order valence-corrected chi connectivity index (χ2v) is 6.78. The van der Waals surface area contributed by atoms with E-state index >= 15 is 0 Å². The Bertz CT molecular complexity index is 804. The molecule has 2 aromatic heterocycles. The number of rotatable bonds is 2. The number of thiazole rings is 2. The standard InChI is InChI=1S/C14H13N3OS2/c1-7-5-4-6-10-11(7)16-14(20-10)17-13(18)12-8(2)15-9(3)19-12/h4-6H,1-3H3,(H,16,17,18). The lowest BCUT2D eigenvalue weighted by atomic mass is 10.2. The van der Waals surface area contributed by atoms with Crippen LogP contribution < -0.4 is 5.32 Å². The van der Waals surface area contributed by atoms with Crippen LogP contribution in [0.2, 0.25) is 0 Å². The van der Waals surface area contributed by atoms with Gasteiger partial charge in [0.1, 0.15) is 4.88 Å². The normalized spacial score (nSPS) is 10.9. The van der Waals surface area contributed by atoms with Gasteiger partial charge in [0.05, 0.1) is 20.9 Å². The van der Waals surface area contributed by atoms with Crippen LogP contribution in [-0.4, -0.2) is 15.9 Å². The highest BCUT2D eigenvalue weighted by Crippen LogP contribution is 2.28. The number of nitrogens with zero attached hydrogens (tertiary/aromatic N) is 2. The Balaban J connectivity index is 1.91. The highest BCUT2D eigenvalue weighted by atomic mass is 32.1. The van der Waals surface area contributed by atoms with Crippen molar-refractivity contribution in [3.8, 4) is 0 Å². The summed E-state index contributed by atoms with van der Waals surface area (Å²) < 4.78 is 1.08. The number of nitrogens with one attached hydrogen (secondary N) is 1. The first-order chi connectivity index (χ1) is 9.54. The summed E-state index contributed by atoms with van der Waals surface area (Å²) in [4.78, 5) is 21.6. The quantitative estimate of drug-likeness (QED) is 0.780. The first-order valence-electron chi connectivity index (χ1n) is 6.16. The van der Waals surface area contributed by atoms with Gasteiger partial charge >= 0.3 is 0 Å². The van der Waals surface area contributed by atoms with Gasteiger partial charge in [0.25, 0.3) is 5.91 Å². The van der Waals surface area contributed by atoms with Gasteiger partial charge < -0.3 is 0 Å². The zero-order chi connectivity index (χ0) is 14.3. The number of carbonyl (C=O) groups is 1. The fourth-order valence-corrected chi connectivity index (χ4v) is 3.79. The minimum atomic E-state index is -0.134. The highest BCUT2D eigenvalue weighted by Gasteiger charge is 2.16. The van der Waals surface area contributed by atoms with Gasteiger partial charge in [-0.25, -0.2) is 9.97 Å². The summed E-state index contributed by atoms with van der Waals surface area (Å²) in [6.07, 6.45) is 0. The molecule has 20 heavy (non-hydrogen) atoms. The molecule has 0 radical (unpaired) electrons. The summed E-state index contributed by atoms with van der Waals surface area (Å²) in [5.41, 5.74) is 2.83. The summed E-state index contributed by atoms with van der Waals surface area (Å²) in [5, 5.41) is 4.39. The Hall–Kier alpha value is -1.79. The number of benzene rings is 1. The number of aromatic nitrogens is 2. The molecular formula is C14H13N3OS2.